The van der Waals surface area contributed by atoms with Gasteiger partial charge in [-0.25, -0.2) is 0 Å². The molecule has 0 amide bonds. The van der Waals surface area contributed by atoms with E-state index in [0.717, 1.165) is 5.56 Å². The third-order valence-electron chi connectivity index (χ3n) is 3.06. The molecule has 116 valence electrons. The van der Waals surface area contributed by atoms with Gasteiger partial charge < -0.3 is 0 Å². The second-order valence-corrected chi connectivity index (χ2v) is 6.38. The van der Waals surface area contributed by atoms with Crippen LogP contribution in [-0.2, 0) is 20.7 Å². The Morgan fingerprint density at radius 3 is 2.45 bits per heavy atom. The molecule has 0 atom stereocenters. The molecular weight excluding hydrogens is 306 g/mol. The van der Waals surface area contributed by atoms with Crippen molar-refractivity contribution in [2.75, 3.05) is 6.61 Å². The monoisotopic (exact) mass is 321 g/mol. The summed E-state index contributed by atoms with van der Waals surface area (Å²) in [7, 11) is -3.81. The van der Waals surface area contributed by atoms with E-state index in [1.165, 1.54) is 24.3 Å². The first-order chi connectivity index (χ1) is 10.4. The first kappa shape index (κ1) is 16.1. The van der Waals surface area contributed by atoms with Crippen LogP contribution in [-0.4, -0.2) is 19.9 Å². The van der Waals surface area contributed by atoms with E-state index in [1.807, 2.05) is 6.92 Å². The largest absolute Gasteiger partial charge is 0.296 e. The van der Waals surface area contributed by atoms with Gasteiger partial charge in [0.2, 0.25) is 0 Å². The Labute approximate surface area is 128 Å². The summed E-state index contributed by atoms with van der Waals surface area (Å²) in [5.41, 5.74) is 1.57. The molecule has 0 aliphatic rings. The Morgan fingerprint density at radius 2 is 1.82 bits per heavy atom. The molecule has 2 aromatic carbocycles. The van der Waals surface area contributed by atoms with Crippen LogP contribution < -0.4 is 0 Å². The van der Waals surface area contributed by atoms with Crippen LogP contribution in [0.1, 0.15) is 11.1 Å². The molecule has 7 heteroatoms. The minimum absolute atomic E-state index is 0.0288. The maximum absolute atomic E-state index is 12.0. The number of nitro benzene ring substituents is 1. The van der Waals surface area contributed by atoms with Gasteiger partial charge in [0, 0.05) is 12.1 Å². The van der Waals surface area contributed by atoms with Gasteiger partial charge in [-0.15, -0.1) is 0 Å². The molecule has 0 saturated heterocycles. The average molecular weight is 321 g/mol. The van der Waals surface area contributed by atoms with E-state index in [4.69, 9.17) is 4.18 Å². The number of hydrogen-bond donors (Lipinski definition) is 0. The van der Waals surface area contributed by atoms with Crippen molar-refractivity contribution in [1.29, 1.82) is 0 Å². The van der Waals surface area contributed by atoms with E-state index in [1.54, 1.807) is 24.3 Å². The summed E-state index contributed by atoms with van der Waals surface area (Å²) in [6.07, 6.45) is 0.271. The maximum atomic E-state index is 12.0. The zero-order chi connectivity index (χ0) is 16.2. The van der Waals surface area contributed by atoms with Gasteiger partial charge in [0.1, 0.15) is 0 Å². The van der Waals surface area contributed by atoms with Crippen LogP contribution >= 0.6 is 0 Å². The second-order valence-electron chi connectivity index (χ2n) is 4.77. The molecule has 0 saturated carbocycles. The predicted molar refractivity (Wildman–Crippen MR) is 81.1 cm³/mol. The number of aryl methyl sites for hydroxylation is 1. The fraction of sp³-hybridized carbons (Fsp3) is 0.200. The molecule has 0 bridgehead atoms. The van der Waals surface area contributed by atoms with Crippen molar-refractivity contribution in [1.82, 2.24) is 0 Å². The summed E-state index contributed by atoms with van der Waals surface area (Å²) in [5.74, 6) is 0. The third kappa shape index (κ3) is 4.12. The third-order valence-corrected chi connectivity index (χ3v) is 4.39. The van der Waals surface area contributed by atoms with E-state index in [-0.39, 0.29) is 23.6 Å². The van der Waals surface area contributed by atoms with Crippen LogP contribution in [0.5, 0.6) is 0 Å². The van der Waals surface area contributed by atoms with Crippen molar-refractivity contribution in [3.05, 3.63) is 69.8 Å². The Bertz CT molecular complexity index is 769. The Hall–Kier alpha value is -2.25. The van der Waals surface area contributed by atoms with Gasteiger partial charge in [-0.3, -0.25) is 14.3 Å². The van der Waals surface area contributed by atoms with Crippen LogP contribution in [0.4, 0.5) is 5.69 Å². The molecular formula is C15H15NO5S. The highest BCUT2D eigenvalue weighted by molar-refractivity contribution is 7.86. The highest BCUT2D eigenvalue weighted by atomic mass is 32.2. The van der Waals surface area contributed by atoms with Crippen molar-refractivity contribution in [2.24, 2.45) is 0 Å². The number of non-ortho nitro benzene ring substituents is 1. The summed E-state index contributed by atoms with van der Waals surface area (Å²) >= 11 is 0. The molecule has 22 heavy (non-hydrogen) atoms. The van der Waals surface area contributed by atoms with E-state index in [9.17, 15) is 18.5 Å². The summed E-state index contributed by atoms with van der Waals surface area (Å²) in [5, 5.41) is 10.7. The van der Waals surface area contributed by atoms with Gasteiger partial charge in [-0.2, -0.15) is 8.42 Å². The topological polar surface area (TPSA) is 86.5 Å². The highest BCUT2D eigenvalue weighted by Crippen LogP contribution is 2.16. The molecule has 0 aliphatic carbocycles. The smallest absolute Gasteiger partial charge is 0.266 e. The summed E-state index contributed by atoms with van der Waals surface area (Å²) in [6, 6.07) is 12.4. The highest BCUT2D eigenvalue weighted by Gasteiger charge is 2.15. The minimum atomic E-state index is -3.81. The van der Waals surface area contributed by atoms with Crippen LogP contribution in [0.3, 0.4) is 0 Å². The van der Waals surface area contributed by atoms with Crippen LogP contribution in [0.15, 0.2) is 53.4 Å². The van der Waals surface area contributed by atoms with Crippen molar-refractivity contribution in [3.8, 4) is 0 Å². The molecule has 0 radical (unpaired) electrons. The van der Waals surface area contributed by atoms with Gasteiger partial charge in [-0.05, 0) is 31.0 Å². The zero-order valence-corrected chi connectivity index (χ0v) is 12.7. The van der Waals surface area contributed by atoms with Crippen molar-refractivity contribution in [3.63, 3.8) is 0 Å². The molecule has 0 fully saturated rings. The summed E-state index contributed by atoms with van der Waals surface area (Å²) in [4.78, 5) is 10.3. The fourth-order valence-electron chi connectivity index (χ4n) is 1.87. The number of hydrogen-bond acceptors (Lipinski definition) is 5. The average Bonchev–Trinajstić information content (AvgIpc) is 2.48. The Kier molecular flexibility index (Phi) is 4.89. The number of nitro groups is 1. The quantitative estimate of drug-likeness (QED) is 0.464. The van der Waals surface area contributed by atoms with Gasteiger partial charge in [0.25, 0.3) is 15.8 Å². The molecule has 6 nitrogen and oxygen atoms in total. The first-order valence-electron chi connectivity index (χ1n) is 6.58. The predicted octanol–water partition coefficient (Wildman–Crippen LogP) is 2.85. The maximum Gasteiger partial charge on any atom is 0.296 e. The molecule has 2 aromatic rings. The Balaban J connectivity index is 1.99. The van der Waals surface area contributed by atoms with E-state index >= 15 is 0 Å². The fourth-order valence-corrected chi connectivity index (χ4v) is 2.78. The van der Waals surface area contributed by atoms with E-state index < -0.39 is 15.0 Å². The SMILES string of the molecule is Cc1ccc(S(=O)(=O)OCCc2cccc([N+](=O)[O-])c2)cc1. The van der Waals surface area contributed by atoms with Gasteiger partial charge in [-0.1, -0.05) is 29.8 Å². The lowest BCUT2D eigenvalue weighted by molar-refractivity contribution is -0.384. The molecule has 0 spiro atoms. The minimum Gasteiger partial charge on any atom is -0.266 e. The van der Waals surface area contributed by atoms with Gasteiger partial charge >= 0.3 is 0 Å². The number of benzene rings is 2. The normalized spacial score (nSPS) is 11.3. The number of rotatable bonds is 6. The van der Waals surface area contributed by atoms with E-state index in [2.05, 4.69) is 0 Å². The van der Waals surface area contributed by atoms with E-state index in [0.29, 0.717) is 5.56 Å². The molecule has 0 aliphatic heterocycles. The van der Waals surface area contributed by atoms with Crippen molar-refractivity contribution < 1.29 is 17.5 Å². The van der Waals surface area contributed by atoms with Gasteiger partial charge in [0.05, 0.1) is 16.4 Å². The van der Waals surface area contributed by atoms with Crippen LogP contribution in [0.25, 0.3) is 0 Å². The lowest BCUT2D eigenvalue weighted by Gasteiger charge is -2.06. The number of nitrogens with zero attached hydrogens (tertiary/aromatic N) is 1. The van der Waals surface area contributed by atoms with Crippen LogP contribution in [0.2, 0.25) is 0 Å². The summed E-state index contributed by atoms with van der Waals surface area (Å²) in [6.45, 7) is 1.79. The lowest BCUT2D eigenvalue weighted by atomic mass is 10.1. The molecule has 0 aromatic heterocycles. The van der Waals surface area contributed by atoms with Crippen molar-refractivity contribution in [2.45, 2.75) is 18.2 Å². The van der Waals surface area contributed by atoms with Crippen LogP contribution in [0, 0.1) is 17.0 Å². The first-order valence-corrected chi connectivity index (χ1v) is 7.99. The van der Waals surface area contributed by atoms with Crippen molar-refractivity contribution >= 4 is 15.8 Å². The summed E-state index contributed by atoms with van der Waals surface area (Å²) < 4.78 is 28.9. The standard InChI is InChI=1S/C15H15NO5S/c1-12-5-7-15(8-6-12)22(19,20)21-10-9-13-3-2-4-14(11-13)16(17)18/h2-8,11H,9-10H2,1H3. The second kappa shape index (κ2) is 6.67. The Morgan fingerprint density at radius 1 is 1.14 bits per heavy atom. The molecule has 0 heterocycles. The molecule has 2 rings (SSSR count). The lowest BCUT2D eigenvalue weighted by Crippen LogP contribution is -2.09. The van der Waals surface area contributed by atoms with Gasteiger partial charge in [0.15, 0.2) is 0 Å². The zero-order valence-electron chi connectivity index (χ0n) is 11.9. The molecule has 0 unspecified atom stereocenters. The molecule has 0 N–H and O–H groups in total.